The third-order valence-electron chi connectivity index (χ3n) is 4.40. The molecule has 1 aromatic rings. The maximum absolute atomic E-state index is 12.2. The van der Waals surface area contributed by atoms with E-state index in [1.807, 2.05) is 19.1 Å². The Morgan fingerprint density at radius 2 is 2.04 bits per heavy atom. The summed E-state index contributed by atoms with van der Waals surface area (Å²) in [7, 11) is 0. The summed E-state index contributed by atoms with van der Waals surface area (Å²) >= 11 is 0. The number of benzene rings is 1. The monoisotopic (exact) mass is 340 g/mol. The molecule has 1 aromatic carbocycles. The molecule has 6 heteroatoms. The van der Waals surface area contributed by atoms with E-state index in [0.29, 0.717) is 13.0 Å². The molecule has 0 bridgehead atoms. The van der Waals surface area contributed by atoms with Gasteiger partial charge in [0.05, 0.1) is 12.6 Å². The molecule has 2 rings (SSSR count). The molecule has 5 nitrogen and oxygen atoms in total. The molecule has 1 amide bonds. The van der Waals surface area contributed by atoms with Gasteiger partial charge in [0.2, 0.25) is 5.91 Å². The normalized spacial score (nSPS) is 19.0. The molecule has 2 atom stereocenters. The average molecular weight is 341 g/mol. The van der Waals surface area contributed by atoms with Crippen molar-refractivity contribution in [1.29, 1.82) is 0 Å². The summed E-state index contributed by atoms with van der Waals surface area (Å²) in [6.45, 7) is 6.87. The van der Waals surface area contributed by atoms with Gasteiger partial charge in [-0.1, -0.05) is 18.2 Å². The Hall–Kier alpha value is -1.59. The fourth-order valence-electron chi connectivity index (χ4n) is 2.88. The van der Waals surface area contributed by atoms with Crippen LogP contribution in [-0.2, 0) is 9.59 Å². The molecule has 1 saturated heterocycles. The van der Waals surface area contributed by atoms with Crippen LogP contribution in [0.1, 0.15) is 42.5 Å². The highest BCUT2D eigenvalue weighted by molar-refractivity contribution is 5.85. The number of hydrogen-bond donors (Lipinski definition) is 2. The zero-order chi connectivity index (χ0) is 16.3. The number of amides is 1. The van der Waals surface area contributed by atoms with Gasteiger partial charge in [0.1, 0.15) is 6.04 Å². The van der Waals surface area contributed by atoms with Crippen molar-refractivity contribution in [1.82, 2.24) is 10.2 Å². The highest BCUT2D eigenvalue weighted by Crippen LogP contribution is 2.18. The molecule has 1 fully saturated rings. The van der Waals surface area contributed by atoms with Crippen molar-refractivity contribution in [2.45, 2.75) is 45.7 Å². The highest BCUT2D eigenvalue weighted by Gasteiger charge is 2.31. The lowest BCUT2D eigenvalue weighted by Crippen LogP contribution is -2.43. The molecule has 0 saturated carbocycles. The number of rotatable bonds is 5. The van der Waals surface area contributed by atoms with Crippen LogP contribution in [0.2, 0.25) is 0 Å². The second-order valence-electron chi connectivity index (χ2n) is 6.10. The van der Waals surface area contributed by atoms with Gasteiger partial charge in [0.25, 0.3) is 0 Å². The standard InChI is InChI=1S/C17H24N2O3.ClH/c1-11-6-7-14(9-12(11)2)13(3)18-16(20)10-19-8-4-5-15(19)17(21)22;/h6-7,9,13,15H,4-5,8,10H2,1-3H3,(H,18,20)(H,21,22);1H. The van der Waals surface area contributed by atoms with Crippen LogP contribution in [0, 0.1) is 13.8 Å². The SMILES string of the molecule is Cc1ccc(C(C)NC(=O)CN2CCCC2C(=O)O)cc1C.Cl. The van der Waals surface area contributed by atoms with Gasteiger partial charge < -0.3 is 10.4 Å². The second-order valence-corrected chi connectivity index (χ2v) is 6.10. The van der Waals surface area contributed by atoms with Gasteiger partial charge in [-0.15, -0.1) is 12.4 Å². The van der Waals surface area contributed by atoms with E-state index in [9.17, 15) is 9.59 Å². The number of carbonyl (C=O) groups excluding carboxylic acids is 1. The van der Waals surface area contributed by atoms with Gasteiger partial charge in [-0.05, 0) is 56.8 Å². The topological polar surface area (TPSA) is 69.6 Å². The lowest BCUT2D eigenvalue weighted by atomic mass is 10.0. The summed E-state index contributed by atoms with van der Waals surface area (Å²) in [4.78, 5) is 25.0. The number of aryl methyl sites for hydroxylation is 2. The van der Waals surface area contributed by atoms with Crippen LogP contribution in [0.25, 0.3) is 0 Å². The smallest absolute Gasteiger partial charge is 0.320 e. The molecule has 2 unspecified atom stereocenters. The van der Waals surface area contributed by atoms with E-state index in [0.717, 1.165) is 12.0 Å². The Morgan fingerprint density at radius 3 is 2.65 bits per heavy atom. The van der Waals surface area contributed by atoms with Crippen LogP contribution >= 0.6 is 12.4 Å². The van der Waals surface area contributed by atoms with E-state index >= 15 is 0 Å². The van der Waals surface area contributed by atoms with Crippen molar-refractivity contribution in [2.75, 3.05) is 13.1 Å². The summed E-state index contributed by atoms with van der Waals surface area (Å²) < 4.78 is 0. The Labute approximate surface area is 143 Å². The molecule has 0 aliphatic carbocycles. The minimum Gasteiger partial charge on any atom is -0.480 e. The lowest BCUT2D eigenvalue weighted by molar-refractivity contribution is -0.142. The van der Waals surface area contributed by atoms with Crippen molar-refractivity contribution < 1.29 is 14.7 Å². The van der Waals surface area contributed by atoms with Crippen LogP contribution in [-0.4, -0.2) is 41.0 Å². The van der Waals surface area contributed by atoms with Gasteiger partial charge in [-0.25, -0.2) is 0 Å². The number of halogens is 1. The molecule has 1 aliphatic rings. The maximum Gasteiger partial charge on any atom is 0.320 e. The number of nitrogens with zero attached hydrogens (tertiary/aromatic N) is 1. The van der Waals surface area contributed by atoms with E-state index in [1.165, 1.54) is 11.1 Å². The van der Waals surface area contributed by atoms with E-state index in [4.69, 9.17) is 5.11 Å². The van der Waals surface area contributed by atoms with E-state index in [1.54, 1.807) is 4.90 Å². The zero-order valence-corrected chi connectivity index (χ0v) is 14.7. The predicted octanol–water partition coefficient (Wildman–Crippen LogP) is 2.45. The van der Waals surface area contributed by atoms with E-state index in [-0.39, 0.29) is 30.9 Å². The molecule has 0 radical (unpaired) electrons. The number of hydrogen-bond acceptors (Lipinski definition) is 3. The van der Waals surface area contributed by atoms with Gasteiger partial charge in [0, 0.05) is 0 Å². The Bertz CT molecular complexity index is 577. The minimum absolute atomic E-state index is 0. The van der Waals surface area contributed by atoms with Crippen molar-refractivity contribution in [3.05, 3.63) is 34.9 Å². The minimum atomic E-state index is -0.840. The fourth-order valence-corrected chi connectivity index (χ4v) is 2.88. The summed E-state index contributed by atoms with van der Waals surface area (Å²) in [6.07, 6.45) is 1.45. The van der Waals surface area contributed by atoms with E-state index in [2.05, 4.69) is 25.2 Å². The first kappa shape index (κ1) is 19.5. The molecule has 0 aromatic heterocycles. The van der Waals surface area contributed by atoms with Crippen LogP contribution in [0.15, 0.2) is 18.2 Å². The number of carboxylic acids is 1. The second kappa shape index (κ2) is 8.31. The molecular weight excluding hydrogens is 316 g/mol. The van der Waals surface area contributed by atoms with Crippen molar-refractivity contribution >= 4 is 24.3 Å². The largest absolute Gasteiger partial charge is 0.480 e. The first-order chi connectivity index (χ1) is 10.4. The molecular formula is C17H25ClN2O3. The molecule has 23 heavy (non-hydrogen) atoms. The quantitative estimate of drug-likeness (QED) is 0.863. The molecule has 1 heterocycles. The van der Waals surface area contributed by atoms with Crippen molar-refractivity contribution in [3.8, 4) is 0 Å². The maximum atomic E-state index is 12.2. The number of likely N-dealkylation sites (tertiary alicyclic amines) is 1. The first-order valence-corrected chi connectivity index (χ1v) is 7.72. The van der Waals surface area contributed by atoms with E-state index < -0.39 is 12.0 Å². The van der Waals surface area contributed by atoms with Crippen LogP contribution in [0.4, 0.5) is 0 Å². The number of aliphatic carboxylic acids is 1. The van der Waals surface area contributed by atoms with Gasteiger partial charge >= 0.3 is 5.97 Å². The highest BCUT2D eigenvalue weighted by atomic mass is 35.5. The summed E-state index contributed by atoms with van der Waals surface area (Å²) in [5, 5.41) is 12.1. The Morgan fingerprint density at radius 1 is 1.35 bits per heavy atom. The molecule has 1 aliphatic heterocycles. The van der Waals surface area contributed by atoms with Crippen LogP contribution in [0.3, 0.4) is 0 Å². The average Bonchev–Trinajstić information content (AvgIpc) is 2.89. The number of carbonyl (C=O) groups is 2. The Kier molecular flexibility index (Phi) is 7.03. The van der Waals surface area contributed by atoms with Crippen LogP contribution < -0.4 is 5.32 Å². The third kappa shape index (κ3) is 4.94. The molecule has 2 N–H and O–H groups in total. The number of carboxylic acid groups (broad SMARTS) is 1. The first-order valence-electron chi connectivity index (χ1n) is 7.72. The molecule has 0 spiro atoms. The molecule has 128 valence electrons. The summed E-state index contributed by atoms with van der Waals surface area (Å²) in [6, 6.07) is 5.54. The predicted molar refractivity (Wildman–Crippen MR) is 92.0 cm³/mol. The third-order valence-corrected chi connectivity index (χ3v) is 4.40. The van der Waals surface area contributed by atoms with Gasteiger partial charge in [-0.3, -0.25) is 14.5 Å². The van der Waals surface area contributed by atoms with Crippen molar-refractivity contribution in [2.24, 2.45) is 0 Å². The number of nitrogens with one attached hydrogen (secondary N) is 1. The zero-order valence-electron chi connectivity index (χ0n) is 13.8. The summed E-state index contributed by atoms with van der Waals surface area (Å²) in [5.41, 5.74) is 3.49. The van der Waals surface area contributed by atoms with Gasteiger partial charge in [-0.2, -0.15) is 0 Å². The Balaban J connectivity index is 0.00000264. The van der Waals surface area contributed by atoms with Gasteiger partial charge in [0.15, 0.2) is 0 Å². The lowest BCUT2D eigenvalue weighted by Gasteiger charge is -2.22. The summed E-state index contributed by atoms with van der Waals surface area (Å²) in [5.74, 6) is -0.966. The van der Waals surface area contributed by atoms with Crippen molar-refractivity contribution in [3.63, 3.8) is 0 Å². The fraction of sp³-hybridized carbons (Fsp3) is 0.529. The van der Waals surface area contributed by atoms with Crippen LogP contribution in [0.5, 0.6) is 0 Å².